The van der Waals surface area contributed by atoms with E-state index in [1.165, 1.54) is 0 Å². The Morgan fingerprint density at radius 1 is 1.46 bits per heavy atom. The summed E-state index contributed by atoms with van der Waals surface area (Å²) in [6.45, 7) is 2.94. The minimum absolute atomic E-state index is 0.393. The molecule has 0 aromatic heterocycles. The number of nitrogens with one attached hydrogen (secondary N) is 1. The van der Waals surface area contributed by atoms with Crippen LogP contribution in [0.25, 0.3) is 0 Å². The molecule has 2 aliphatic heterocycles. The van der Waals surface area contributed by atoms with Crippen LogP contribution in [0.2, 0.25) is 0 Å². The average molecular weight is 180 g/mol. The molecule has 0 aromatic carbocycles. The van der Waals surface area contributed by atoms with Gasteiger partial charge in [-0.25, -0.2) is 0 Å². The molecule has 0 unspecified atom stereocenters. The molecule has 0 aliphatic carbocycles. The minimum Gasteiger partial charge on any atom is -0.365 e. The molecule has 4 nitrogen and oxygen atoms in total. The summed E-state index contributed by atoms with van der Waals surface area (Å²) in [5, 5.41) is 3.30. The van der Waals surface area contributed by atoms with Gasteiger partial charge in [0.2, 0.25) is 0 Å². The van der Waals surface area contributed by atoms with Gasteiger partial charge < -0.3 is 16.0 Å². The van der Waals surface area contributed by atoms with Crippen LogP contribution in [-0.2, 0) is 0 Å². The normalized spacial score (nSPS) is 24.1. The van der Waals surface area contributed by atoms with Crippen molar-refractivity contribution < 1.29 is 0 Å². The first-order valence-corrected chi connectivity index (χ1v) is 4.82. The molecule has 13 heavy (non-hydrogen) atoms. The third kappa shape index (κ3) is 2.01. The maximum atomic E-state index is 5.83. The Labute approximate surface area is 78.5 Å². The van der Waals surface area contributed by atoms with Gasteiger partial charge >= 0.3 is 0 Å². The van der Waals surface area contributed by atoms with E-state index in [9.17, 15) is 0 Å². The van der Waals surface area contributed by atoms with E-state index in [0.717, 1.165) is 38.3 Å². The Bertz CT molecular complexity index is 226. The van der Waals surface area contributed by atoms with E-state index in [0.29, 0.717) is 6.04 Å². The summed E-state index contributed by atoms with van der Waals surface area (Å²) < 4.78 is 0. The third-order valence-electron chi connectivity index (χ3n) is 2.56. The fraction of sp³-hybridized carbons (Fsp3) is 0.667. The number of nitrogens with zero attached hydrogens (tertiary/aromatic N) is 2. The molecule has 0 bridgehead atoms. The van der Waals surface area contributed by atoms with Crippen molar-refractivity contribution in [3.05, 3.63) is 12.0 Å². The van der Waals surface area contributed by atoms with E-state index in [2.05, 4.69) is 15.2 Å². The van der Waals surface area contributed by atoms with Gasteiger partial charge in [0, 0.05) is 25.3 Å². The minimum atomic E-state index is 0.393. The lowest BCUT2D eigenvalue weighted by molar-refractivity contribution is 0.250. The monoisotopic (exact) mass is 180 g/mol. The van der Waals surface area contributed by atoms with Crippen LogP contribution in [0.15, 0.2) is 17.0 Å². The van der Waals surface area contributed by atoms with Crippen LogP contribution in [-0.4, -0.2) is 36.8 Å². The highest BCUT2D eigenvalue weighted by molar-refractivity contribution is 5.62. The molecule has 2 rings (SSSR count). The molecule has 2 aliphatic rings. The van der Waals surface area contributed by atoms with Crippen molar-refractivity contribution in [1.29, 1.82) is 0 Å². The van der Waals surface area contributed by atoms with Crippen LogP contribution in [0.1, 0.15) is 12.8 Å². The van der Waals surface area contributed by atoms with Gasteiger partial charge in [-0.2, -0.15) is 0 Å². The third-order valence-corrected chi connectivity index (χ3v) is 2.56. The predicted octanol–water partition coefficient (Wildman–Crippen LogP) is -0.118. The SMILES string of the molecule is NC1CCN(C2=CN=CCN2)CC1. The van der Waals surface area contributed by atoms with Crippen molar-refractivity contribution in [2.45, 2.75) is 18.9 Å². The first-order valence-electron chi connectivity index (χ1n) is 4.82. The molecule has 3 N–H and O–H groups in total. The zero-order chi connectivity index (χ0) is 9.10. The number of piperidine rings is 1. The van der Waals surface area contributed by atoms with Gasteiger partial charge in [-0.3, -0.25) is 4.99 Å². The number of hydrogen-bond acceptors (Lipinski definition) is 4. The Kier molecular flexibility index (Phi) is 2.49. The smallest absolute Gasteiger partial charge is 0.120 e. The first kappa shape index (κ1) is 8.56. The molecule has 0 aromatic rings. The van der Waals surface area contributed by atoms with E-state index in [4.69, 9.17) is 5.73 Å². The number of rotatable bonds is 1. The summed E-state index contributed by atoms with van der Waals surface area (Å²) in [7, 11) is 0. The maximum absolute atomic E-state index is 5.83. The second-order valence-corrected chi connectivity index (χ2v) is 3.55. The van der Waals surface area contributed by atoms with E-state index >= 15 is 0 Å². The zero-order valence-electron chi connectivity index (χ0n) is 7.74. The van der Waals surface area contributed by atoms with Gasteiger partial charge in [0.15, 0.2) is 0 Å². The maximum Gasteiger partial charge on any atom is 0.120 e. The van der Waals surface area contributed by atoms with Crippen LogP contribution in [0.5, 0.6) is 0 Å². The summed E-state index contributed by atoms with van der Waals surface area (Å²) in [6.07, 6.45) is 5.94. The molecule has 4 heteroatoms. The van der Waals surface area contributed by atoms with Gasteiger partial charge in [-0.05, 0) is 12.8 Å². The van der Waals surface area contributed by atoms with Crippen molar-refractivity contribution in [3.8, 4) is 0 Å². The summed E-state index contributed by atoms with van der Waals surface area (Å²) in [5.41, 5.74) is 5.83. The molecule has 0 atom stereocenters. The average Bonchev–Trinajstić information content (AvgIpc) is 2.20. The highest BCUT2D eigenvalue weighted by Crippen LogP contribution is 2.13. The Balaban J connectivity index is 1.93. The molecule has 72 valence electrons. The Hall–Kier alpha value is -1.03. The largest absolute Gasteiger partial charge is 0.365 e. The van der Waals surface area contributed by atoms with Gasteiger partial charge in [0.1, 0.15) is 5.82 Å². The standard InChI is InChI=1S/C9H16N4/c10-8-1-5-13(6-2-8)9-7-11-3-4-12-9/h3,7-8,12H,1-2,4-6,10H2. The van der Waals surface area contributed by atoms with Gasteiger partial charge in [-0.15, -0.1) is 0 Å². The topological polar surface area (TPSA) is 53.6 Å². The van der Waals surface area contributed by atoms with E-state index in [-0.39, 0.29) is 0 Å². The number of likely N-dealkylation sites (tertiary alicyclic amines) is 1. The summed E-state index contributed by atoms with van der Waals surface area (Å²) in [6, 6.07) is 0.393. The lowest BCUT2D eigenvalue weighted by Crippen LogP contribution is -2.43. The van der Waals surface area contributed by atoms with Crippen LogP contribution in [0.4, 0.5) is 0 Å². The van der Waals surface area contributed by atoms with Gasteiger partial charge in [0.05, 0.1) is 12.7 Å². The highest BCUT2D eigenvalue weighted by Gasteiger charge is 2.18. The zero-order valence-corrected chi connectivity index (χ0v) is 7.74. The molecule has 0 radical (unpaired) electrons. The van der Waals surface area contributed by atoms with E-state index in [1.807, 2.05) is 12.4 Å². The van der Waals surface area contributed by atoms with Crippen LogP contribution < -0.4 is 11.1 Å². The van der Waals surface area contributed by atoms with Crippen LogP contribution in [0, 0.1) is 0 Å². The lowest BCUT2D eigenvalue weighted by Gasteiger charge is -2.34. The quantitative estimate of drug-likeness (QED) is 0.591. The highest BCUT2D eigenvalue weighted by atomic mass is 15.3. The fourth-order valence-corrected chi connectivity index (χ4v) is 1.71. The summed E-state index contributed by atoms with van der Waals surface area (Å²) in [5.74, 6) is 1.15. The molecule has 0 spiro atoms. The molecular weight excluding hydrogens is 164 g/mol. The van der Waals surface area contributed by atoms with Gasteiger partial charge in [-0.1, -0.05) is 0 Å². The Morgan fingerprint density at radius 2 is 2.23 bits per heavy atom. The fourth-order valence-electron chi connectivity index (χ4n) is 1.71. The lowest BCUT2D eigenvalue weighted by atomic mass is 10.1. The van der Waals surface area contributed by atoms with E-state index < -0.39 is 0 Å². The summed E-state index contributed by atoms with van der Waals surface area (Å²) in [4.78, 5) is 6.45. The van der Waals surface area contributed by atoms with Crippen molar-refractivity contribution in [1.82, 2.24) is 10.2 Å². The molecule has 1 fully saturated rings. The Morgan fingerprint density at radius 3 is 2.85 bits per heavy atom. The van der Waals surface area contributed by atoms with Crippen LogP contribution >= 0.6 is 0 Å². The van der Waals surface area contributed by atoms with Crippen LogP contribution in [0.3, 0.4) is 0 Å². The predicted molar refractivity (Wildman–Crippen MR) is 53.4 cm³/mol. The van der Waals surface area contributed by atoms with Crippen molar-refractivity contribution in [2.24, 2.45) is 10.7 Å². The van der Waals surface area contributed by atoms with Gasteiger partial charge in [0.25, 0.3) is 0 Å². The van der Waals surface area contributed by atoms with Crippen molar-refractivity contribution in [2.75, 3.05) is 19.6 Å². The second-order valence-electron chi connectivity index (χ2n) is 3.55. The molecular formula is C9H16N4. The van der Waals surface area contributed by atoms with Crippen molar-refractivity contribution in [3.63, 3.8) is 0 Å². The molecule has 0 amide bonds. The molecule has 2 heterocycles. The van der Waals surface area contributed by atoms with E-state index in [1.54, 1.807) is 0 Å². The summed E-state index contributed by atoms with van der Waals surface area (Å²) >= 11 is 0. The number of aliphatic imine (C=N–C) groups is 1. The second kappa shape index (κ2) is 3.79. The number of nitrogens with two attached hydrogens (primary N) is 1. The molecule has 1 saturated heterocycles. The molecule has 0 saturated carbocycles. The van der Waals surface area contributed by atoms with Crippen molar-refractivity contribution >= 4 is 6.21 Å². The first-order chi connectivity index (χ1) is 6.36. The number of hydrogen-bond donors (Lipinski definition) is 2.